The summed E-state index contributed by atoms with van der Waals surface area (Å²) in [4.78, 5) is 11.7. The quantitative estimate of drug-likeness (QED) is 0.894. The third-order valence-corrected chi connectivity index (χ3v) is 4.37. The van der Waals surface area contributed by atoms with Gasteiger partial charge in [0.25, 0.3) is 0 Å². The molecule has 1 amide bonds. The lowest BCUT2D eigenvalue weighted by Crippen LogP contribution is -2.38. The topological polar surface area (TPSA) is 38.3 Å². The number of amides is 1. The third kappa shape index (κ3) is 3.33. The van der Waals surface area contributed by atoms with Gasteiger partial charge < -0.3 is 10.1 Å². The molecule has 0 aliphatic carbocycles. The number of unbranched alkanes of at least 4 members (excludes halogenated alkanes) is 1. The molecule has 1 fully saturated rings. The molecule has 3 nitrogen and oxygen atoms in total. The van der Waals surface area contributed by atoms with Gasteiger partial charge in [-0.05, 0) is 37.0 Å². The Bertz CT molecular complexity index is 458. The van der Waals surface area contributed by atoms with Crippen LogP contribution < -0.4 is 10.1 Å². The normalized spacial score (nSPS) is 23.0. The summed E-state index contributed by atoms with van der Waals surface area (Å²) >= 11 is 0. The van der Waals surface area contributed by atoms with Crippen LogP contribution in [-0.2, 0) is 10.2 Å². The van der Waals surface area contributed by atoms with Gasteiger partial charge in [-0.1, -0.05) is 31.9 Å². The standard InChI is InChI=1S/C17H25NO2/c1-3-4-10-17(11-6-9-16(19)18-13-17)14-7-5-8-15(12-14)20-2/h5,7-8,12H,3-4,6,9-11,13H2,1-2H3,(H,18,19). The van der Waals surface area contributed by atoms with Crippen LogP contribution in [0.1, 0.15) is 51.0 Å². The lowest BCUT2D eigenvalue weighted by atomic mass is 9.73. The molecule has 0 aromatic heterocycles. The SMILES string of the molecule is CCCCC1(c2cccc(OC)c2)CCCC(=O)NC1. The summed E-state index contributed by atoms with van der Waals surface area (Å²) in [6, 6.07) is 8.34. The van der Waals surface area contributed by atoms with Crippen LogP contribution in [0.5, 0.6) is 5.75 Å². The lowest BCUT2D eigenvalue weighted by molar-refractivity contribution is -0.120. The van der Waals surface area contributed by atoms with Crippen molar-refractivity contribution >= 4 is 5.91 Å². The molecule has 3 heteroatoms. The smallest absolute Gasteiger partial charge is 0.220 e. The van der Waals surface area contributed by atoms with Gasteiger partial charge in [0.15, 0.2) is 0 Å². The summed E-state index contributed by atoms with van der Waals surface area (Å²) in [6.07, 6.45) is 6.17. The summed E-state index contributed by atoms with van der Waals surface area (Å²) in [7, 11) is 1.70. The fraction of sp³-hybridized carbons (Fsp3) is 0.588. The molecule has 1 aliphatic rings. The number of carbonyl (C=O) groups excluding carboxylic acids is 1. The van der Waals surface area contributed by atoms with E-state index in [1.54, 1.807) is 7.11 Å². The van der Waals surface area contributed by atoms with Gasteiger partial charge in [-0.3, -0.25) is 4.79 Å². The Labute approximate surface area is 121 Å². The molecule has 0 saturated carbocycles. The Hall–Kier alpha value is -1.51. The number of methoxy groups -OCH3 is 1. The number of ether oxygens (including phenoxy) is 1. The van der Waals surface area contributed by atoms with Crippen LogP contribution in [0.3, 0.4) is 0 Å². The maximum absolute atomic E-state index is 11.7. The van der Waals surface area contributed by atoms with Crippen molar-refractivity contribution in [1.29, 1.82) is 0 Å². The van der Waals surface area contributed by atoms with Crippen molar-refractivity contribution in [1.82, 2.24) is 5.32 Å². The molecule has 0 spiro atoms. The van der Waals surface area contributed by atoms with Gasteiger partial charge in [-0.25, -0.2) is 0 Å². The van der Waals surface area contributed by atoms with Crippen molar-refractivity contribution in [2.45, 2.75) is 50.9 Å². The highest BCUT2D eigenvalue weighted by molar-refractivity contribution is 5.76. The lowest BCUT2D eigenvalue weighted by Gasteiger charge is -2.33. The minimum Gasteiger partial charge on any atom is -0.497 e. The molecular formula is C17H25NO2. The van der Waals surface area contributed by atoms with E-state index in [9.17, 15) is 4.79 Å². The number of hydrogen-bond acceptors (Lipinski definition) is 2. The molecule has 1 N–H and O–H groups in total. The summed E-state index contributed by atoms with van der Waals surface area (Å²) in [5.74, 6) is 1.08. The van der Waals surface area contributed by atoms with E-state index in [0.29, 0.717) is 6.42 Å². The summed E-state index contributed by atoms with van der Waals surface area (Å²) in [5, 5.41) is 3.10. The monoisotopic (exact) mass is 275 g/mol. The van der Waals surface area contributed by atoms with Crippen molar-refractivity contribution in [2.75, 3.05) is 13.7 Å². The Kier molecular flexibility index (Phi) is 5.05. The zero-order chi connectivity index (χ0) is 14.4. The van der Waals surface area contributed by atoms with Gasteiger partial charge in [0, 0.05) is 18.4 Å². The average molecular weight is 275 g/mol. The zero-order valence-corrected chi connectivity index (χ0v) is 12.6. The molecule has 1 aromatic carbocycles. The Morgan fingerprint density at radius 2 is 2.25 bits per heavy atom. The molecule has 0 bridgehead atoms. The van der Waals surface area contributed by atoms with Crippen molar-refractivity contribution in [3.05, 3.63) is 29.8 Å². The Morgan fingerprint density at radius 1 is 1.40 bits per heavy atom. The van der Waals surface area contributed by atoms with Crippen LogP contribution in [0.25, 0.3) is 0 Å². The highest BCUT2D eigenvalue weighted by Crippen LogP contribution is 2.37. The third-order valence-electron chi connectivity index (χ3n) is 4.37. The molecule has 1 heterocycles. The van der Waals surface area contributed by atoms with E-state index in [4.69, 9.17) is 4.74 Å². The van der Waals surface area contributed by atoms with Crippen molar-refractivity contribution in [2.24, 2.45) is 0 Å². The van der Waals surface area contributed by atoms with Crippen LogP contribution in [0.15, 0.2) is 24.3 Å². The molecule has 2 rings (SSSR count). The number of benzene rings is 1. The second kappa shape index (κ2) is 6.78. The predicted molar refractivity (Wildman–Crippen MR) is 81.1 cm³/mol. The van der Waals surface area contributed by atoms with E-state index in [2.05, 4.69) is 30.4 Å². The molecule has 1 atom stereocenters. The number of carbonyl (C=O) groups is 1. The number of nitrogens with one attached hydrogen (secondary N) is 1. The fourth-order valence-corrected chi connectivity index (χ4v) is 3.10. The van der Waals surface area contributed by atoms with Gasteiger partial charge >= 0.3 is 0 Å². The maximum atomic E-state index is 11.7. The van der Waals surface area contributed by atoms with Gasteiger partial charge in [0.05, 0.1) is 7.11 Å². The molecule has 1 aliphatic heterocycles. The van der Waals surface area contributed by atoms with E-state index in [1.165, 1.54) is 18.4 Å². The van der Waals surface area contributed by atoms with Gasteiger partial charge in [0.1, 0.15) is 5.75 Å². The van der Waals surface area contributed by atoms with Crippen LogP contribution in [-0.4, -0.2) is 19.6 Å². The van der Waals surface area contributed by atoms with Crippen molar-refractivity contribution in [3.8, 4) is 5.75 Å². The molecule has 1 aromatic rings. The minimum absolute atomic E-state index is 0.0662. The highest BCUT2D eigenvalue weighted by Gasteiger charge is 2.34. The number of hydrogen-bond donors (Lipinski definition) is 1. The molecular weight excluding hydrogens is 250 g/mol. The summed E-state index contributed by atoms with van der Waals surface area (Å²) in [5.41, 5.74) is 1.36. The average Bonchev–Trinajstić information content (AvgIpc) is 2.68. The fourth-order valence-electron chi connectivity index (χ4n) is 3.10. The Balaban J connectivity index is 2.31. The van der Waals surface area contributed by atoms with E-state index in [-0.39, 0.29) is 11.3 Å². The van der Waals surface area contributed by atoms with E-state index >= 15 is 0 Å². The van der Waals surface area contributed by atoms with Crippen molar-refractivity contribution < 1.29 is 9.53 Å². The van der Waals surface area contributed by atoms with Crippen molar-refractivity contribution in [3.63, 3.8) is 0 Å². The maximum Gasteiger partial charge on any atom is 0.220 e. The van der Waals surface area contributed by atoms with Crippen LogP contribution in [0, 0.1) is 0 Å². The molecule has 1 unspecified atom stereocenters. The highest BCUT2D eigenvalue weighted by atomic mass is 16.5. The summed E-state index contributed by atoms with van der Waals surface area (Å²) < 4.78 is 5.36. The molecule has 0 radical (unpaired) electrons. The Morgan fingerprint density at radius 3 is 3.00 bits per heavy atom. The first-order valence-corrected chi connectivity index (χ1v) is 7.61. The van der Waals surface area contributed by atoms with E-state index in [1.807, 2.05) is 6.07 Å². The van der Waals surface area contributed by atoms with Gasteiger partial charge in [-0.15, -0.1) is 0 Å². The summed E-state index contributed by atoms with van der Waals surface area (Å²) in [6.45, 7) is 2.97. The first kappa shape index (κ1) is 14.9. The van der Waals surface area contributed by atoms with E-state index < -0.39 is 0 Å². The minimum atomic E-state index is 0.0662. The largest absolute Gasteiger partial charge is 0.497 e. The van der Waals surface area contributed by atoms with Crippen LogP contribution in [0.4, 0.5) is 0 Å². The first-order valence-electron chi connectivity index (χ1n) is 7.61. The van der Waals surface area contributed by atoms with Crippen LogP contribution in [0.2, 0.25) is 0 Å². The second-order valence-electron chi connectivity index (χ2n) is 5.75. The molecule has 110 valence electrons. The predicted octanol–water partition coefficient (Wildman–Crippen LogP) is 3.42. The first-order chi connectivity index (χ1) is 9.70. The molecule has 1 saturated heterocycles. The molecule has 20 heavy (non-hydrogen) atoms. The zero-order valence-electron chi connectivity index (χ0n) is 12.6. The van der Waals surface area contributed by atoms with Crippen LogP contribution >= 0.6 is 0 Å². The van der Waals surface area contributed by atoms with E-state index in [0.717, 1.165) is 31.6 Å². The van der Waals surface area contributed by atoms with Gasteiger partial charge in [-0.2, -0.15) is 0 Å². The second-order valence-corrected chi connectivity index (χ2v) is 5.75. The van der Waals surface area contributed by atoms with Gasteiger partial charge in [0.2, 0.25) is 5.91 Å². The number of rotatable bonds is 5.